The maximum Gasteiger partial charge on any atom is 0.328 e. The van der Waals surface area contributed by atoms with Gasteiger partial charge in [0.05, 0.1) is 0 Å². The van der Waals surface area contributed by atoms with Gasteiger partial charge in [-0.25, -0.2) is 4.79 Å². The lowest BCUT2D eigenvalue weighted by atomic mass is 10.0. The summed E-state index contributed by atoms with van der Waals surface area (Å²) in [6.07, 6.45) is -1.70. The third-order valence-electron chi connectivity index (χ3n) is 3.84. The van der Waals surface area contributed by atoms with Crippen molar-refractivity contribution in [3.63, 3.8) is 0 Å². The Morgan fingerprint density at radius 1 is 0.926 bits per heavy atom. The fourth-order valence-electron chi connectivity index (χ4n) is 2.30. The van der Waals surface area contributed by atoms with Gasteiger partial charge in [0.15, 0.2) is 0 Å². The van der Waals surface area contributed by atoms with Gasteiger partial charge in [0, 0.05) is 10.6 Å². The number of urea groups is 1. The van der Waals surface area contributed by atoms with E-state index in [-0.39, 0.29) is 11.5 Å². The van der Waals surface area contributed by atoms with E-state index in [4.69, 9.17) is 21.1 Å². The van der Waals surface area contributed by atoms with Gasteiger partial charge in [0.25, 0.3) is 23.8 Å². The summed E-state index contributed by atoms with van der Waals surface area (Å²) in [4.78, 5) is 35.0. The molecule has 0 saturated carbocycles. The second-order valence-corrected chi connectivity index (χ2v) is 6.27. The van der Waals surface area contributed by atoms with E-state index >= 15 is 0 Å². The van der Waals surface area contributed by atoms with Crippen molar-refractivity contribution in [1.29, 1.82) is 0 Å². The number of nitrogens with one attached hydrogen (secondary N) is 2. The molecular formula is C18H14ClFN2O5. The van der Waals surface area contributed by atoms with Crippen molar-refractivity contribution in [2.45, 2.75) is 18.9 Å². The summed E-state index contributed by atoms with van der Waals surface area (Å²) in [5.74, 6) is -1.40. The highest BCUT2D eigenvalue weighted by Crippen LogP contribution is 2.27. The van der Waals surface area contributed by atoms with Crippen LogP contribution < -0.4 is 20.1 Å². The number of imide groups is 2. The molecule has 1 atom stereocenters. The Labute approximate surface area is 158 Å². The number of carbonyl (C=O) groups excluding carboxylic acids is 3. The zero-order valence-corrected chi connectivity index (χ0v) is 14.7. The lowest BCUT2D eigenvalue weighted by Crippen LogP contribution is -2.67. The summed E-state index contributed by atoms with van der Waals surface area (Å²) < 4.78 is 24.8. The number of ether oxygens (including phenoxy) is 2. The molecule has 2 aromatic rings. The second-order valence-electron chi connectivity index (χ2n) is 5.83. The van der Waals surface area contributed by atoms with E-state index in [2.05, 4.69) is 0 Å². The SMILES string of the molecule is CC1(Oc2ccc(OC(F)c3ccc(Cl)cc3)cc2)C(=O)NC(=O)NC1=O. The van der Waals surface area contributed by atoms with Crippen molar-refractivity contribution in [1.82, 2.24) is 10.6 Å². The molecule has 2 N–H and O–H groups in total. The van der Waals surface area contributed by atoms with E-state index in [1.54, 1.807) is 12.1 Å². The van der Waals surface area contributed by atoms with Gasteiger partial charge in [-0.05, 0) is 43.3 Å². The van der Waals surface area contributed by atoms with Crippen LogP contribution in [0.5, 0.6) is 11.5 Å². The Balaban J connectivity index is 1.68. The molecule has 0 radical (unpaired) electrons. The number of hydrogen-bond acceptors (Lipinski definition) is 5. The minimum atomic E-state index is -1.91. The number of benzene rings is 2. The highest BCUT2D eigenvalue weighted by molar-refractivity contribution is 6.30. The summed E-state index contributed by atoms with van der Waals surface area (Å²) in [7, 11) is 0. The maximum atomic E-state index is 14.2. The first-order valence-electron chi connectivity index (χ1n) is 7.80. The maximum absolute atomic E-state index is 14.2. The fraction of sp³-hybridized carbons (Fsp3) is 0.167. The molecule has 2 aromatic carbocycles. The first-order valence-corrected chi connectivity index (χ1v) is 8.18. The van der Waals surface area contributed by atoms with E-state index in [9.17, 15) is 18.8 Å². The van der Waals surface area contributed by atoms with Gasteiger partial charge in [-0.3, -0.25) is 20.2 Å². The van der Waals surface area contributed by atoms with Crippen LogP contribution in [0.1, 0.15) is 18.8 Å². The predicted octanol–water partition coefficient (Wildman–Crippen LogP) is 2.89. The molecule has 1 unspecified atom stereocenters. The van der Waals surface area contributed by atoms with Crippen LogP contribution >= 0.6 is 11.6 Å². The van der Waals surface area contributed by atoms with Gasteiger partial charge < -0.3 is 9.47 Å². The molecule has 140 valence electrons. The van der Waals surface area contributed by atoms with Crippen LogP contribution in [0.3, 0.4) is 0 Å². The molecule has 1 saturated heterocycles. The molecular weight excluding hydrogens is 379 g/mol. The molecule has 4 amide bonds. The monoisotopic (exact) mass is 392 g/mol. The number of alkyl halides is 1. The van der Waals surface area contributed by atoms with Crippen molar-refractivity contribution in [2.24, 2.45) is 0 Å². The average molecular weight is 393 g/mol. The fourth-order valence-corrected chi connectivity index (χ4v) is 2.42. The summed E-state index contributed by atoms with van der Waals surface area (Å²) in [5.41, 5.74) is -1.62. The lowest BCUT2D eigenvalue weighted by molar-refractivity contribution is -0.149. The molecule has 1 aliphatic rings. The lowest BCUT2D eigenvalue weighted by Gasteiger charge is -2.30. The van der Waals surface area contributed by atoms with Crippen molar-refractivity contribution >= 4 is 29.4 Å². The number of carbonyl (C=O) groups is 3. The second kappa shape index (κ2) is 7.24. The first-order chi connectivity index (χ1) is 12.8. The average Bonchev–Trinajstić information content (AvgIpc) is 2.62. The number of hydrogen-bond donors (Lipinski definition) is 2. The van der Waals surface area contributed by atoms with Crippen LogP contribution in [-0.2, 0) is 9.59 Å². The molecule has 27 heavy (non-hydrogen) atoms. The molecule has 9 heteroatoms. The molecule has 0 aliphatic carbocycles. The van der Waals surface area contributed by atoms with E-state index < -0.39 is 29.8 Å². The minimum Gasteiger partial charge on any atom is -0.468 e. The highest BCUT2D eigenvalue weighted by Gasteiger charge is 2.48. The van der Waals surface area contributed by atoms with Gasteiger partial charge in [0.1, 0.15) is 11.5 Å². The molecule has 0 spiro atoms. The summed E-state index contributed by atoms with van der Waals surface area (Å²) in [5, 5.41) is 4.41. The van der Waals surface area contributed by atoms with Gasteiger partial charge in [-0.1, -0.05) is 23.7 Å². The van der Waals surface area contributed by atoms with Crippen LogP contribution in [0.25, 0.3) is 0 Å². The summed E-state index contributed by atoms with van der Waals surface area (Å²) >= 11 is 5.76. The summed E-state index contributed by atoms with van der Waals surface area (Å²) in [6.45, 7) is 1.23. The first kappa shape index (κ1) is 18.7. The number of rotatable bonds is 5. The molecule has 1 fully saturated rings. The van der Waals surface area contributed by atoms with Gasteiger partial charge in [-0.2, -0.15) is 4.39 Å². The van der Waals surface area contributed by atoms with Crippen LogP contribution in [0.15, 0.2) is 48.5 Å². The van der Waals surface area contributed by atoms with E-state index in [0.29, 0.717) is 10.6 Å². The molecule has 7 nitrogen and oxygen atoms in total. The molecule has 1 aliphatic heterocycles. The third-order valence-corrected chi connectivity index (χ3v) is 4.09. The Morgan fingerprint density at radius 2 is 1.44 bits per heavy atom. The van der Waals surface area contributed by atoms with Crippen LogP contribution in [-0.4, -0.2) is 23.4 Å². The van der Waals surface area contributed by atoms with E-state index in [1.165, 1.54) is 43.3 Å². The number of amides is 4. The Bertz CT molecular complexity index is 866. The van der Waals surface area contributed by atoms with Crippen molar-refractivity contribution in [3.8, 4) is 11.5 Å². The predicted molar refractivity (Wildman–Crippen MR) is 93.1 cm³/mol. The summed E-state index contributed by atoms with van der Waals surface area (Å²) in [6, 6.07) is 10.9. The molecule has 3 rings (SSSR count). The number of halogens is 2. The Hall–Kier alpha value is -3.13. The van der Waals surface area contributed by atoms with Crippen molar-refractivity contribution < 1.29 is 28.2 Å². The molecule has 1 heterocycles. The van der Waals surface area contributed by atoms with E-state index in [0.717, 1.165) is 0 Å². The highest BCUT2D eigenvalue weighted by atomic mass is 35.5. The van der Waals surface area contributed by atoms with Crippen LogP contribution in [0.2, 0.25) is 5.02 Å². The Morgan fingerprint density at radius 3 is 2.00 bits per heavy atom. The smallest absolute Gasteiger partial charge is 0.328 e. The normalized spacial score (nSPS) is 16.9. The van der Waals surface area contributed by atoms with E-state index in [1.807, 2.05) is 10.6 Å². The largest absolute Gasteiger partial charge is 0.468 e. The van der Waals surface area contributed by atoms with Gasteiger partial charge >= 0.3 is 6.03 Å². The minimum absolute atomic E-state index is 0.159. The quantitative estimate of drug-likeness (QED) is 0.763. The van der Waals surface area contributed by atoms with Crippen LogP contribution in [0, 0.1) is 0 Å². The third kappa shape index (κ3) is 4.01. The van der Waals surface area contributed by atoms with Gasteiger partial charge in [-0.15, -0.1) is 0 Å². The topological polar surface area (TPSA) is 93.7 Å². The standard InChI is InChI=1S/C18H14ClFN2O5/c1-18(15(23)21-17(25)22-16(18)24)27-13-8-6-12(7-9-13)26-14(20)10-2-4-11(19)5-3-10/h2-9,14H,1H3,(H2,21,22,23,24,25). The molecule has 0 bridgehead atoms. The Kier molecular flexibility index (Phi) is 5.00. The zero-order valence-electron chi connectivity index (χ0n) is 14.0. The molecule has 0 aromatic heterocycles. The van der Waals surface area contributed by atoms with Crippen LogP contribution in [0.4, 0.5) is 9.18 Å². The van der Waals surface area contributed by atoms with Crippen molar-refractivity contribution in [3.05, 3.63) is 59.1 Å². The zero-order chi connectivity index (χ0) is 19.6. The number of barbiturate groups is 1. The van der Waals surface area contributed by atoms with Gasteiger partial charge in [0.2, 0.25) is 0 Å². The van der Waals surface area contributed by atoms with Crippen molar-refractivity contribution in [2.75, 3.05) is 0 Å².